The fourth-order valence-electron chi connectivity index (χ4n) is 10.3. The molecule has 1 aliphatic rings. The van der Waals surface area contributed by atoms with Crippen LogP contribution in [-0.2, 0) is 5.41 Å². The zero-order valence-electron chi connectivity index (χ0n) is 37.0. The largest absolute Gasteiger partial charge is 0.311 e. The maximum absolute atomic E-state index is 2.47. The monoisotopic (exact) mass is 845 g/mol. The first-order chi connectivity index (χ1) is 32.5. The molecule has 1 aliphatic carbocycles. The number of aromatic nitrogens is 1. The van der Waals surface area contributed by atoms with Gasteiger partial charge in [-0.3, -0.25) is 0 Å². The third-order valence-corrected chi connectivity index (χ3v) is 13.6. The third kappa shape index (κ3) is 6.67. The Morgan fingerprint density at radius 1 is 0.303 bits per heavy atom. The van der Waals surface area contributed by atoms with Crippen LogP contribution in [0.5, 0.6) is 0 Å². The Balaban J connectivity index is 0.979. The summed E-state index contributed by atoms with van der Waals surface area (Å²) in [4.78, 5) is 4.62. The van der Waals surface area contributed by atoms with E-state index in [0.29, 0.717) is 0 Å². The van der Waals surface area contributed by atoms with Gasteiger partial charge in [0.05, 0.1) is 11.0 Å². The first kappa shape index (κ1) is 39.2. The average molecular weight is 846 g/mol. The van der Waals surface area contributed by atoms with Crippen molar-refractivity contribution in [1.82, 2.24) is 4.57 Å². The van der Waals surface area contributed by atoms with Crippen molar-refractivity contribution < 1.29 is 0 Å². The van der Waals surface area contributed by atoms with Gasteiger partial charge in [0.2, 0.25) is 0 Å². The van der Waals surface area contributed by atoms with Crippen LogP contribution >= 0.6 is 0 Å². The maximum Gasteiger partial charge on any atom is 0.0541 e. The van der Waals surface area contributed by atoms with Crippen LogP contribution in [-0.4, -0.2) is 4.57 Å². The SMILES string of the molecule is CC1(C)c2ccccc2-c2ccc(-n3c4ccc(-c5ccc(N(c6ccccc6)c6ccccc6)cc5)cc4c4cc(-c5ccc(N(c6ccccc6)c6ccccc6)cc5)ccc43)cc21. The second-order valence-electron chi connectivity index (χ2n) is 17.8. The van der Waals surface area contributed by atoms with Gasteiger partial charge in [-0.1, -0.05) is 153 Å². The maximum atomic E-state index is 2.47. The number of hydrogen-bond acceptors (Lipinski definition) is 2. The molecule has 1 aromatic heterocycles. The van der Waals surface area contributed by atoms with Crippen molar-refractivity contribution in [3.05, 3.63) is 260 Å². The highest BCUT2D eigenvalue weighted by Gasteiger charge is 2.35. The molecule has 0 N–H and O–H groups in total. The minimum Gasteiger partial charge on any atom is -0.311 e. The Morgan fingerprint density at radius 2 is 0.667 bits per heavy atom. The molecule has 3 heteroatoms. The summed E-state index contributed by atoms with van der Waals surface area (Å²) in [6.45, 7) is 4.72. The number of benzene rings is 10. The number of hydrogen-bond donors (Lipinski definition) is 0. The predicted octanol–water partition coefficient (Wildman–Crippen LogP) is 17.4. The summed E-state index contributed by atoms with van der Waals surface area (Å²) in [5, 5.41) is 2.45. The number of anilines is 6. The average Bonchev–Trinajstić information content (AvgIpc) is 3.82. The van der Waals surface area contributed by atoms with Crippen molar-refractivity contribution in [3.8, 4) is 39.1 Å². The number of para-hydroxylation sites is 4. The highest BCUT2D eigenvalue weighted by Crippen LogP contribution is 2.50. The lowest BCUT2D eigenvalue weighted by molar-refractivity contribution is 0.660. The minimum atomic E-state index is -0.105. The zero-order valence-corrected chi connectivity index (χ0v) is 37.0. The van der Waals surface area contributed by atoms with Crippen molar-refractivity contribution in [1.29, 1.82) is 0 Å². The fourth-order valence-corrected chi connectivity index (χ4v) is 10.3. The lowest BCUT2D eigenvalue weighted by atomic mass is 9.82. The molecule has 0 saturated heterocycles. The summed E-state index contributed by atoms with van der Waals surface area (Å²) in [5.41, 5.74) is 20.3. The highest BCUT2D eigenvalue weighted by atomic mass is 15.1. The number of fused-ring (bicyclic) bond motifs is 6. The van der Waals surface area contributed by atoms with E-state index in [-0.39, 0.29) is 5.41 Å². The third-order valence-electron chi connectivity index (χ3n) is 13.6. The van der Waals surface area contributed by atoms with E-state index in [0.717, 1.165) is 34.1 Å². The molecule has 0 fully saturated rings. The van der Waals surface area contributed by atoms with Crippen molar-refractivity contribution in [3.63, 3.8) is 0 Å². The molecule has 0 bridgehead atoms. The summed E-state index contributed by atoms with van der Waals surface area (Å²) in [7, 11) is 0. The Hall–Kier alpha value is -8.40. The standard InChI is InChI=1S/C63H47N3/c1-63(2)59-26-16-15-25-55(59)56-38-37-54(43-60(56)63)66-61-39-31-46(44-27-33-52(34-28-44)64(48-17-7-3-8-18-48)49-19-9-4-10-20-49)41-57(61)58-42-47(32-40-62(58)66)45-29-35-53(36-30-45)65(50-21-11-5-12-22-50)51-23-13-6-14-24-51/h3-43H,1-2H3. The van der Waals surface area contributed by atoms with Gasteiger partial charge in [0, 0.05) is 56.0 Å². The van der Waals surface area contributed by atoms with Crippen molar-refractivity contribution >= 4 is 55.9 Å². The molecule has 0 saturated carbocycles. The van der Waals surface area contributed by atoms with Crippen LogP contribution in [0, 0.1) is 0 Å². The fraction of sp³-hybridized carbons (Fsp3) is 0.0476. The normalized spacial score (nSPS) is 12.5. The van der Waals surface area contributed by atoms with Gasteiger partial charge >= 0.3 is 0 Å². The van der Waals surface area contributed by atoms with Crippen LogP contribution in [0.3, 0.4) is 0 Å². The molecule has 0 aliphatic heterocycles. The van der Waals surface area contributed by atoms with Crippen molar-refractivity contribution in [2.24, 2.45) is 0 Å². The molecule has 12 rings (SSSR count). The molecule has 3 nitrogen and oxygen atoms in total. The van der Waals surface area contributed by atoms with E-state index in [1.807, 2.05) is 0 Å². The first-order valence-corrected chi connectivity index (χ1v) is 22.8. The number of rotatable bonds is 9. The van der Waals surface area contributed by atoms with Crippen LogP contribution in [0.4, 0.5) is 34.1 Å². The second-order valence-corrected chi connectivity index (χ2v) is 17.8. The number of nitrogens with zero attached hydrogens (tertiary/aromatic N) is 3. The van der Waals surface area contributed by atoms with Crippen LogP contribution in [0.2, 0.25) is 0 Å². The zero-order chi connectivity index (χ0) is 44.2. The Bertz CT molecular complexity index is 3260. The molecular formula is C63H47N3. The van der Waals surface area contributed by atoms with E-state index in [9.17, 15) is 0 Å². The summed E-state index contributed by atoms with van der Waals surface area (Å²) >= 11 is 0. The molecule has 0 radical (unpaired) electrons. The van der Waals surface area contributed by atoms with Crippen molar-refractivity contribution in [2.45, 2.75) is 19.3 Å². The van der Waals surface area contributed by atoms with E-state index in [1.54, 1.807) is 0 Å². The van der Waals surface area contributed by atoms with Gasteiger partial charge in [-0.25, -0.2) is 0 Å². The summed E-state index contributed by atoms with van der Waals surface area (Å²) in [6.07, 6.45) is 0. The summed E-state index contributed by atoms with van der Waals surface area (Å²) in [6, 6.07) is 90.4. The van der Waals surface area contributed by atoms with Gasteiger partial charge in [0.1, 0.15) is 0 Å². The second kappa shape index (κ2) is 16.0. The van der Waals surface area contributed by atoms with E-state index < -0.39 is 0 Å². The van der Waals surface area contributed by atoms with E-state index >= 15 is 0 Å². The molecule has 314 valence electrons. The smallest absolute Gasteiger partial charge is 0.0541 e. The highest BCUT2D eigenvalue weighted by molar-refractivity contribution is 6.12. The van der Waals surface area contributed by atoms with Crippen molar-refractivity contribution in [2.75, 3.05) is 9.80 Å². The molecule has 0 spiro atoms. The Kier molecular flexibility index (Phi) is 9.50. The topological polar surface area (TPSA) is 11.4 Å². The predicted molar refractivity (Wildman–Crippen MR) is 279 cm³/mol. The van der Waals surface area contributed by atoms with E-state index in [1.165, 1.54) is 72.0 Å². The molecule has 0 amide bonds. The molecule has 0 atom stereocenters. The van der Waals surface area contributed by atoms with Gasteiger partial charge in [0.25, 0.3) is 0 Å². The van der Waals surface area contributed by atoms with Crippen LogP contribution in [0.15, 0.2) is 249 Å². The Labute approximate surface area is 386 Å². The molecule has 11 aromatic rings. The van der Waals surface area contributed by atoms with Gasteiger partial charge < -0.3 is 14.4 Å². The summed E-state index contributed by atoms with van der Waals surface area (Å²) < 4.78 is 2.47. The molecule has 66 heavy (non-hydrogen) atoms. The molecule has 1 heterocycles. The first-order valence-electron chi connectivity index (χ1n) is 22.8. The Morgan fingerprint density at radius 3 is 1.11 bits per heavy atom. The minimum absolute atomic E-state index is 0.105. The van der Waals surface area contributed by atoms with E-state index in [4.69, 9.17) is 0 Å². The van der Waals surface area contributed by atoms with Crippen LogP contribution in [0.1, 0.15) is 25.0 Å². The lowest BCUT2D eigenvalue weighted by Gasteiger charge is -2.25. The lowest BCUT2D eigenvalue weighted by Crippen LogP contribution is -2.15. The van der Waals surface area contributed by atoms with Crippen LogP contribution in [0.25, 0.3) is 60.9 Å². The van der Waals surface area contributed by atoms with Gasteiger partial charge in [-0.15, -0.1) is 0 Å². The molecule has 0 unspecified atom stereocenters. The van der Waals surface area contributed by atoms with E-state index in [2.05, 4.69) is 277 Å². The van der Waals surface area contributed by atoms with Crippen LogP contribution < -0.4 is 9.80 Å². The molecular weight excluding hydrogens is 799 g/mol. The quantitative estimate of drug-likeness (QED) is 0.143. The molecule has 10 aromatic carbocycles. The van der Waals surface area contributed by atoms with Gasteiger partial charge in [-0.2, -0.15) is 0 Å². The van der Waals surface area contributed by atoms with Gasteiger partial charge in [0.15, 0.2) is 0 Å². The van der Waals surface area contributed by atoms with Gasteiger partial charge in [-0.05, 0) is 154 Å². The summed E-state index contributed by atoms with van der Waals surface area (Å²) in [5.74, 6) is 0.